The molecular weight excluding hydrogens is 472 g/mol. The number of amides is 3. The number of carbonyl (C=O) groups is 3. The van der Waals surface area contributed by atoms with Crippen molar-refractivity contribution in [3.63, 3.8) is 0 Å². The van der Waals surface area contributed by atoms with Gasteiger partial charge in [-0.05, 0) is 45.6 Å². The van der Waals surface area contributed by atoms with Gasteiger partial charge in [0.15, 0.2) is 0 Å². The highest BCUT2D eigenvalue weighted by molar-refractivity contribution is 6.03. The van der Waals surface area contributed by atoms with Crippen LogP contribution in [-0.2, 0) is 21.4 Å². The van der Waals surface area contributed by atoms with Gasteiger partial charge in [-0.25, -0.2) is 4.79 Å². The third kappa shape index (κ3) is 5.44. The largest absolute Gasteiger partial charge is 0.444 e. The highest BCUT2D eigenvalue weighted by Gasteiger charge is 2.34. The summed E-state index contributed by atoms with van der Waals surface area (Å²) in [7, 11) is 1.93. The first-order valence-electron chi connectivity index (χ1n) is 13.3. The minimum Gasteiger partial charge on any atom is -0.444 e. The van der Waals surface area contributed by atoms with Crippen LogP contribution in [0.5, 0.6) is 0 Å². The molecule has 1 N–H and O–H groups in total. The minimum atomic E-state index is -0.471. The van der Waals surface area contributed by atoms with E-state index in [2.05, 4.69) is 21.2 Å². The van der Waals surface area contributed by atoms with E-state index < -0.39 is 11.5 Å². The van der Waals surface area contributed by atoms with Crippen molar-refractivity contribution in [2.75, 3.05) is 50.7 Å². The summed E-state index contributed by atoms with van der Waals surface area (Å²) in [6.07, 6.45) is 1.72. The number of ether oxygens (including phenoxy) is 1. The van der Waals surface area contributed by atoms with Crippen molar-refractivity contribution < 1.29 is 19.1 Å². The van der Waals surface area contributed by atoms with E-state index in [1.165, 1.54) is 0 Å². The number of hydrogen-bond acceptors (Lipinski definition) is 7. The Kier molecular flexibility index (Phi) is 6.87. The van der Waals surface area contributed by atoms with Gasteiger partial charge in [0.25, 0.3) is 0 Å². The van der Waals surface area contributed by atoms with Gasteiger partial charge in [-0.1, -0.05) is 12.1 Å². The van der Waals surface area contributed by atoms with Crippen LogP contribution in [0, 0.1) is 5.92 Å². The molecule has 1 aromatic carbocycles. The lowest BCUT2D eigenvalue weighted by atomic mass is 9.92. The number of piperazine rings is 1. The van der Waals surface area contributed by atoms with Crippen molar-refractivity contribution in [1.29, 1.82) is 0 Å². The number of fused-ring (bicyclic) bond motifs is 1. The van der Waals surface area contributed by atoms with Crippen molar-refractivity contribution in [1.82, 2.24) is 24.9 Å². The topological polar surface area (TPSA) is 100 Å². The first kappa shape index (κ1) is 25.5. The molecular formula is C27H38N6O4. The maximum Gasteiger partial charge on any atom is 0.410 e. The maximum absolute atomic E-state index is 12.5. The van der Waals surface area contributed by atoms with Crippen LogP contribution in [0.15, 0.2) is 18.2 Å². The van der Waals surface area contributed by atoms with Crippen molar-refractivity contribution in [2.24, 2.45) is 13.0 Å². The molecule has 37 heavy (non-hydrogen) atoms. The third-order valence-corrected chi connectivity index (χ3v) is 7.61. The fourth-order valence-corrected chi connectivity index (χ4v) is 5.82. The molecule has 200 valence electrons. The quantitative estimate of drug-likeness (QED) is 0.631. The predicted octanol–water partition coefficient (Wildman–Crippen LogP) is 2.47. The van der Waals surface area contributed by atoms with Crippen molar-refractivity contribution in [3.05, 3.63) is 23.9 Å². The van der Waals surface area contributed by atoms with E-state index in [9.17, 15) is 14.4 Å². The summed E-state index contributed by atoms with van der Waals surface area (Å²) in [6.45, 7) is 11.8. The van der Waals surface area contributed by atoms with E-state index in [0.717, 1.165) is 61.4 Å². The fraction of sp³-hybridized carbons (Fsp3) is 0.630. The Labute approximate surface area is 217 Å². The maximum atomic E-state index is 12.5. The van der Waals surface area contributed by atoms with E-state index in [1.54, 1.807) is 0 Å². The number of imide groups is 1. The Balaban J connectivity index is 1.22. The Morgan fingerprint density at radius 1 is 1.11 bits per heavy atom. The van der Waals surface area contributed by atoms with Crippen molar-refractivity contribution in [2.45, 2.75) is 51.6 Å². The van der Waals surface area contributed by atoms with Crippen LogP contribution in [0.2, 0.25) is 0 Å². The van der Waals surface area contributed by atoms with Crippen molar-refractivity contribution in [3.8, 4) is 0 Å². The molecule has 1 unspecified atom stereocenters. The Hall–Kier alpha value is -3.14. The predicted molar refractivity (Wildman–Crippen MR) is 140 cm³/mol. The third-order valence-electron chi connectivity index (χ3n) is 7.61. The van der Waals surface area contributed by atoms with Crippen LogP contribution in [-0.4, -0.2) is 88.9 Å². The smallest absolute Gasteiger partial charge is 0.410 e. The van der Waals surface area contributed by atoms with Crippen LogP contribution < -0.4 is 10.2 Å². The lowest BCUT2D eigenvalue weighted by molar-refractivity contribution is -0.134. The average molecular weight is 511 g/mol. The number of aromatic nitrogens is 2. The van der Waals surface area contributed by atoms with Gasteiger partial charge in [0.05, 0.1) is 22.8 Å². The second-order valence-electron chi connectivity index (χ2n) is 11.6. The number of rotatable bonds is 4. The number of para-hydroxylation sites is 1. The van der Waals surface area contributed by atoms with Gasteiger partial charge in [0.2, 0.25) is 11.8 Å². The number of carbonyl (C=O) groups excluding carboxylic acids is 3. The molecule has 0 saturated carbocycles. The highest BCUT2D eigenvalue weighted by atomic mass is 16.6. The summed E-state index contributed by atoms with van der Waals surface area (Å²) in [6, 6.07) is 6.21. The van der Waals surface area contributed by atoms with Crippen LogP contribution >= 0.6 is 0 Å². The molecule has 3 aliphatic heterocycles. The van der Waals surface area contributed by atoms with E-state index in [4.69, 9.17) is 9.84 Å². The number of anilines is 1. The Bertz CT molecular complexity index is 1190. The average Bonchev–Trinajstić information content (AvgIpc) is 3.43. The Morgan fingerprint density at radius 2 is 1.86 bits per heavy atom. The van der Waals surface area contributed by atoms with E-state index in [0.29, 0.717) is 31.8 Å². The molecule has 1 aromatic heterocycles. The highest BCUT2D eigenvalue weighted by Crippen LogP contribution is 2.36. The molecule has 10 nitrogen and oxygen atoms in total. The molecule has 2 aromatic rings. The number of hydrogen-bond donors (Lipinski definition) is 1. The van der Waals surface area contributed by atoms with Gasteiger partial charge in [0.1, 0.15) is 5.60 Å². The van der Waals surface area contributed by atoms with Crippen molar-refractivity contribution >= 4 is 34.5 Å². The molecule has 0 radical (unpaired) electrons. The van der Waals surface area contributed by atoms with Crippen LogP contribution in [0.25, 0.3) is 10.9 Å². The number of nitrogens with zero attached hydrogens (tertiary/aromatic N) is 5. The van der Waals surface area contributed by atoms with Gasteiger partial charge in [0, 0.05) is 64.7 Å². The first-order valence-corrected chi connectivity index (χ1v) is 13.3. The molecule has 3 aliphatic rings. The summed E-state index contributed by atoms with van der Waals surface area (Å²) in [5.74, 6) is -0.320. The van der Waals surface area contributed by atoms with Gasteiger partial charge in [-0.15, -0.1) is 0 Å². The zero-order valence-electron chi connectivity index (χ0n) is 22.3. The van der Waals surface area contributed by atoms with Crippen LogP contribution in [0.1, 0.15) is 51.6 Å². The van der Waals surface area contributed by atoms with Crippen LogP contribution in [0.3, 0.4) is 0 Å². The van der Waals surface area contributed by atoms with Gasteiger partial charge >= 0.3 is 6.09 Å². The molecule has 2 atom stereocenters. The molecule has 4 heterocycles. The second kappa shape index (κ2) is 9.96. The van der Waals surface area contributed by atoms with Gasteiger partial charge < -0.3 is 14.5 Å². The molecule has 3 amide bonds. The fourth-order valence-electron chi connectivity index (χ4n) is 5.82. The van der Waals surface area contributed by atoms with E-state index >= 15 is 0 Å². The first-order chi connectivity index (χ1) is 17.6. The summed E-state index contributed by atoms with van der Waals surface area (Å²) >= 11 is 0. The monoisotopic (exact) mass is 510 g/mol. The minimum absolute atomic E-state index is 0.212. The lowest BCUT2D eigenvalue weighted by Crippen LogP contribution is -2.51. The molecule has 5 rings (SSSR count). The van der Waals surface area contributed by atoms with Crippen LogP contribution in [0.4, 0.5) is 10.5 Å². The summed E-state index contributed by atoms with van der Waals surface area (Å²) < 4.78 is 7.40. The Morgan fingerprint density at radius 3 is 2.57 bits per heavy atom. The summed E-state index contributed by atoms with van der Waals surface area (Å²) in [4.78, 5) is 43.2. The summed E-state index contributed by atoms with van der Waals surface area (Å²) in [5.41, 5.74) is 2.46. The molecule has 10 heteroatoms. The normalized spacial score (nSPS) is 23.6. The second-order valence-corrected chi connectivity index (χ2v) is 11.6. The zero-order valence-corrected chi connectivity index (χ0v) is 22.3. The number of benzene rings is 1. The number of piperidine rings is 1. The zero-order chi connectivity index (χ0) is 26.3. The van der Waals surface area contributed by atoms with Gasteiger partial charge in [-0.3, -0.25) is 24.5 Å². The molecule has 0 bridgehead atoms. The number of aryl methyl sites for hydroxylation is 1. The molecule has 3 fully saturated rings. The molecule has 0 aliphatic carbocycles. The molecule has 3 saturated heterocycles. The van der Waals surface area contributed by atoms with Gasteiger partial charge in [-0.2, -0.15) is 5.10 Å². The summed E-state index contributed by atoms with van der Waals surface area (Å²) in [5, 5.41) is 8.19. The standard InChI is InChI=1S/C27H38N6O4/c1-27(2,3)37-26(36)32-14-12-31(13-15-32)16-18-10-11-33(17-18)21-7-5-6-19-23(29-30(4)24(19)21)20-8-9-22(34)28-25(20)35/h5-7,18,20H,8-17H2,1-4H3,(H,28,34,35)/t18-,20?/m1/s1. The molecule has 0 spiro atoms. The SMILES string of the molecule is Cn1nc(C2CCC(=O)NC2=O)c2cccc(N3CC[C@H](CN4CCN(C(=O)OC(C)(C)C)CC4)C3)c21. The van der Waals surface area contributed by atoms with E-state index in [-0.39, 0.29) is 17.9 Å². The van der Waals surface area contributed by atoms with E-state index in [1.807, 2.05) is 49.5 Å². The number of nitrogens with one attached hydrogen (secondary N) is 1. The lowest BCUT2D eigenvalue weighted by Gasteiger charge is -2.36.